The number of hydrogen-bond donors (Lipinski definition) is 1. The first-order valence-electron chi connectivity index (χ1n) is 7.16. The van der Waals surface area contributed by atoms with Crippen LogP contribution in [0.3, 0.4) is 0 Å². The zero-order chi connectivity index (χ0) is 15.4. The van der Waals surface area contributed by atoms with Crippen molar-refractivity contribution in [2.24, 2.45) is 12.8 Å². The molecule has 0 bridgehead atoms. The number of nitrogens with zero attached hydrogens (tertiary/aromatic N) is 2. The average Bonchev–Trinajstić information content (AvgIpc) is 2.91. The summed E-state index contributed by atoms with van der Waals surface area (Å²) in [7, 11) is -1.24. The quantitative estimate of drug-likeness (QED) is 0.917. The van der Waals surface area contributed by atoms with E-state index in [2.05, 4.69) is 6.92 Å². The molecule has 1 heterocycles. The lowest BCUT2D eigenvalue weighted by molar-refractivity contribution is 0.395. The number of nitrogens with two attached hydrogens (primary N) is 1. The monoisotopic (exact) mass is 307 g/mol. The van der Waals surface area contributed by atoms with E-state index in [-0.39, 0.29) is 11.5 Å². The summed E-state index contributed by atoms with van der Waals surface area (Å²) >= 11 is 0. The maximum Gasteiger partial charge on any atom is 0.175 e. The highest BCUT2D eigenvalue weighted by molar-refractivity contribution is 7.90. The van der Waals surface area contributed by atoms with Gasteiger partial charge in [-0.05, 0) is 31.0 Å². The summed E-state index contributed by atoms with van der Waals surface area (Å²) in [5.74, 6) is 0.952. The van der Waals surface area contributed by atoms with Gasteiger partial charge in [0.05, 0.1) is 15.9 Å². The Balaban J connectivity index is 2.20. The van der Waals surface area contributed by atoms with Gasteiger partial charge in [-0.1, -0.05) is 13.3 Å². The zero-order valence-corrected chi connectivity index (χ0v) is 13.4. The number of fused-ring (bicyclic) bond motifs is 1. The summed E-state index contributed by atoms with van der Waals surface area (Å²) in [5.41, 5.74) is 7.81. The molecule has 21 heavy (non-hydrogen) atoms. The molecule has 2 N–H and O–H groups in total. The van der Waals surface area contributed by atoms with Crippen molar-refractivity contribution >= 4 is 20.9 Å². The SMILES string of the molecule is Cn1c(C2(C)CCCC2N)nc2cc(S(C)(=O)=O)ccc21. The predicted molar refractivity (Wildman–Crippen MR) is 83.0 cm³/mol. The van der Waals surface area contributed by atoms with Crippen LogP contribution in [0.1, 0.15) is 32.0 Å². The Morgan fingerprint density at radius 3 is 2.71 bits per heavy atom. The van der Waals surface area contributed by atoms with E-state index in [1.54, 1.807) is 12.1 Å². The maximum atomic E-state index is 11.7. The summed E-state index contributed by atoms with van der Waals surface area (Å²) < 4.78 is 25.4. The number of hydrogen-bond acceptors (Lipinski definition) is 4. The third-order valence-electron chi connectivity index (χ3n) is 4.82. The molecule has 114 valence electrons. The van der Waals surface area contributed by atoms with Crippen molar-refractivity contribution in [3.63, 3.8) is 0 Å². The highest BCUT2D eigenvalue weighted by atomic mass is 32.2. The summed E-state index contributed by atoms with van der Waals surface area (Å²) in [4.78, 5) is 5.02. The largest absolute Gasteiger partial charge is 0.331 e. The fraction of sp³-hybridized carbons (Fsp3) is 0.533. The van der Waals surface area contributed by atoms with Crippen LogP contribution in [0.15, 0.2) is 23.1 Å². The number of imidazole rings is 1. The molecule has 2 aromatic rings. The van der Waals surface area contributed by atoms with Gasteiger partial charge in [0, 0.05) is 24.8 Å². The Labute approximate surface area is 125 Å². The third-order valence-corrected chi connectivity index (χ3v) is 5.93. The first-order valence-corrected chi connectivity index (χ1v) is 9.05. The molecule has 0 spiro atoms. The van der Waals surface area contributed by atoms with Crippen LogP contribution in [-0.2, 0) is 22.3 Å². The van der Waals surface area contributed by atoms with Crippen LogP contribution < -0.4 is 5.73 Å². The van der Waals surface area contributed by atoms with Gasteiger partial charge in [-0.3, -0.25) is 0 Å². The van der Waals surface area contributed by atoms with Crippen LogP contribution in [0.2, 0.25) is 0 Å². The van der Waals surface area contributed by atoms with E-state index in [9.17, 15) is 8.42 Å². The van der Waals surface area contributed by atoms with Crippen LogP contribution in [0.5, 0.6) is 0 Å². The second kappa shape index (κ2) is 4.55. The number of aryl methyl sites for hydroxylation is 1. The zero-order valence-electron chi connectivity index (χ0n) is 12.6. The second-order valence-electron chi connectivity index (χ2n) is 6.33. The van der Waals surface area contributed by atoms with Crippen molar-refractivity contribution in [3.05, 3.63) is 24.0 Å². The van der Waals surface area contributed by atoms with Gasteiger partial charge in [-0.25, -0.2) is 13.4 Å². The maximum absolute atomic E-state index is 11.7. The van der Waals surface area contributed by atoms with Crippen LogP contribution in [-0.4, -0.2) is 30.3 Å². The van der Waals surface area contributed by atoms with Gasteiger partial charge in [0.1, 0.15) is 5.82 Å². The predicted octanol–water partition coefficient (Wildman–Crippen LogP) is 1.75. The summed E-state index contributed by atoms with van der Waals surface area (Å²) in [6.07, 6.45) is 4.35. The van der Waals surface area contributed by atoms with Crippen molar-refractivity contribution in [3.8, 4) is 0 Å². The summed E-state index contributed by atoms with van der Waals surface area (Å²) in [5, 5.41) is 0. The Morgan fingerprint density at radius 2 is 2.14 bits per heavy atom. The van der Waals surface area contributed by atoms with Crippen molar-refractivity contribution in [1.29, 1.82) is 0 Å². The standard InChI is InChI=1S/C15H21N3O2S/c1-15(8-4-5-13(15)16)14-17-11-9-10(21(3,19)20)6-7-12(11)18(14)2/h6-7,9,13H,4-5,8,16H2,1-3H3. The molecule has 0 aliphatic heterocycles. The van der Waals surface area contributed by atoms with E-state index in [1.807, 2.05) is 17.7 Å². The summed E-state index contributed by atoms with van der Waals surface area (Å²) in [6.45, 7) is 2.16. The average molecular weight is 307 g/mol. The molecule has 0 radical (unpaired) electrons. The van der Waals surface area contributed by atoms with Crippen molar-refractivity contribution in [2.75, 3.05) is 6.26 Å². The normalized spacial score (nSPS) is 26.6. The Hall–Kier alpha value is -1.40. The number of sulfone groups is 1. The molecular weight excluding hydrogens is 286 g/mol. The summed E-state index contributed by atoms with van der Waals surface area (Å²) in [6, 6.07) is 5.21. The molecule has 0 saturated heterocycles. The molecule has 1 aromatic heterocycles. The highest BCUT2D eigenvalue weighted by Crippen LogP contribution is 2.40. The molecule has 1 aliphatic carbocycles. The Kier molecular flexibility index (Phi) is 3.15. The lowest BCUT2D eigenvalue weighted by atomic mass is 9.84. The number of rotatable bonds is 2. The Bertz CT molecular complexity index is 810. The minimum Gasteiger partial charge on any atom is -0.331 e. The molecule has 1 fully saturated rings. The molecule has 1 aromatic carbocycles. The van der Waals surface area contributed by atoms with Gasteiger partial charge in [0.25, 0.3) is 0 Å². The number of aromatic nitrogens is 2. The lowest BCUT2D eigenvalue weighted by Crippen LogP contribution is -2.40. The molecule has 1 saturated carbocycles. The van der Waals surface area contributed by atoms with Crippen molar-refractivity contribution in [1.82, 2.24) is 9.55 Å². The molecular formula is C15H21N3O2S. The van der Waals surface area contributed by atoms with E-state index >= 15 is 0 Å². The molecule has 6 heteroatoms. The van der Waals surface area contributed by atoms with Crippen LogP contribution >= 0.6 is 0 Å². The molecule has 0 amide bonds. The van der Waals surface area contributed by atoms with Crippen molar-refractivity contribution in [2.45, 2.75) is 42.5 Å². The Morgan fingerprint density at radius 1 is 1.43 bits per heavy atom. The van der Waals surface area contributed by atoms with Crippen LogP contribution in [0.25, 0.3) is 11.0 Å². The smallest absolute Gasteiger partial charge is 0.175 e. The van der Waals surface area contributed by atoms with E-state index in [4.69, 9.17) is 10.7 Å². The van der Waals surface area contributed by atoms with Crippen LogP contribution in [0, 0.1) is 0 Å². The van der Waals surface area contributed by atoms with E-state index in [1.165, 1.54) is 6.26 Å². The van der Waals surface area contributed by atoms with Gasteiger partial charge >= 0.3 is 0 Å². The molecule has 3 rings (SSSR count). The fourth-order valence-corrected chi connectivity index (χ4v) is 4.03. The van der Waals surface area contributed by atoms with Crippen molar-refractivity contribution < 1.29 is 8.42 Å². The van der Waals surface area contributed by atoms with E-state index in [0.717, 1.165) is 36.1 Å². The molecule has 2 unspecified atom stereocenters. The highest BCUT2D eigenvalue weighted by Gasteiger charge is 2.41. The van der Waals surface area contributed by atoms with Gasteiger partial charge in [0.2, 0.25) is 0 Å². The number of benzene rings is 1. The molecule has 2 atom stereocenters. The second-order valence-corrected chi connectivity index (χ2v) is 8.35. The van der Waals surface area contributed by atoms with Gasteiger partial charge in [0.15, 0.2) is 9.84 Å². The fourth-order valence-electron chi connectivity index (χ4n) is 3.39. The first kappa shape index (κ1) is 14.5. The van der Waals surface area contributed by atoms with Gasteiger partial charge in [-0.2, -0.15) is 0 Å². The van der Waals surface area contributed by atoms with E-state index < -0.39 is 9.84 Å². The first-order chi connectivity index (χ1) is 9.73. The van der Waals surface area contributed by atoms with Crippen LogP contribution in [0.4, 0.5) is 0 Å². The molecule has 5 nitrogen and oxygen atoms in total. The lowest BCUT2D eigenvalue weighted by Gasteiger charge is -2.28. The van der Waals surface area contributed by atoms with E-state index in [0.29, 0.717) is 4.90 Å². The van der Waals surface area contributed by atoms with Gasteiger partial charge < -0.3 is 10.3 Å². The minimum absolute atomic E-state index is 0.0994. The topological polar surface area (TPSA) is 78.0 Å². The molecule has 1 aliphatic rings. The minimum atomic E-state index is -3.22. The third kappa shape index (κ3) is 2.17. The van der Waals surface area contributed by atoms with Gasteiger partial charge in [-0.15, -0.1) is 0 Å².